The Labute approximate surface area is 162 Å². The van der Waals surface area contributed by atoms with Crippen molar-refractivity contribution in [2.75, 3.05) is 25.4 Å². The number of benzene rings is 1. The Morgan fingerprint density at radius 1 is 1.22 bits per heavy atom. The number of hydrogen-bond acceptors (Lipinski definition) is 5. The number of rotatable bonds is 8. The molecule has 0 radical (unpaired) electrons. The van der Waals surface area contributed by atoms with Crippen molar-refractivity contribution in [2.24, 2.45) is 5.41 Å². The minimum absolute atomic E-state index is 0.0426. The first-order valence-electron chi connectivity index (χ1n) is 9.53. The molecule has 1 aromatic carbocycles. The predicted molar refractivity (Wildman–Crippen MR) is 107 cm³/mol. The molecular weight excluding hydrogens is 366 g/mol. The summed E-state index contributed by atoms with van der Waals surface area (Å²) in [6.45, 7) is 7.96. The number of nitrogens with one attached hydrogen (secondary N) is 1. The predicted octanol–water partition coefficient (Wildman–Crippen LogP) is 2.96. The third kappa shape index (κ3) is 6.55. The monoisotopic (exact) mass is 397 g/mol. The first-order chi connectivity index (χ1) is 12.6. The summed E-state index contributed by atoms with van der Waals surface area (Å²) < 4.78 is 27.8. The third-order valence-electron chi connectivity index (χ3n) is 4.97. The summed E-state index contributed by atoms with van der Waals surface area (Å²) in [6, 6.07) is 6.52. The zero-order valence-corrected chi connectivity index (χ0v) is 17.3. The van der Waals surface area contributed by atoms with Crippen LogP contribution < -0.4 is 5.32 Å². The van der Waals surface area contributed by atoms with Crippen molar-refractivity contribution in [1.29, 1.82) is 0 Å². The SMILES string of the molecule is CC(C)(C)CCS(=O)(=O)N(CCc1ccccc1[N+](=O)[O-])C1CCNCC1. The highest BCUT2D eigenvalue weighted by molar-refractivity contribution is 7.89. The molecule has 152 valence electrons. The van der Waals surface area contributed by atoms with E-state index in [2.05, 4.69) is 5.32 Å². The molecule has 1 aliphatic rings. The molecule has 27 heavy (non-hydrogen) atoms. The Morgan fingerprint density at radius 2 is 1.85 bits per heavy atom. The summed E-state index contributed by atoms with van der Waals surface area (Å²) >= 11 is 0. The van der Waals surface area contributed by atoms with Gasteiger partial charge in [-0.2, -0.15) is 4.31 Å². The van der Waals surface area contributed by atoms with Gasteiger partial charge in [0.15, 0.2) is 0 Å². The van der Waals surface area contributed by atoms with Crippen LogP contribution in [0, 0.1) is 15.5 Å². The average molecular weight is 398 g/mol. The van der Waals surface area contributed by atoms with Crippen LogP contribution in [0.25, 0.3) is 0 Å². The second-order valence-corrected chi connectivity index (χ2v) is 10.4. The van der Waals surface area contributed by atoms with E-state index in [1.54, 1.807) is 22.5 Å². The van der Waals surface area contributed by atoms with Crippen LogP contribution in [0.15, 0.2) is 24.3 Å². The summed E-state index contributed by atoms with van der Waals surface area (Å²) in [5, 5.41) is 14.5. The maximum absolute atomic E-state index is 13.1. The Hall–Kier alpha value is -1.51. The van der Waals surface area contributed by atoms with Gasteiger partial charge >= 0.3 is 0 Å². The van der Waals surface area contributed by atoms with Crippen molar-refractivity contribution in [1.82, 2.24) is 9.62 Å². The van der Waals surface area contributed by atoms with Crippen molar-refractivity contribution in [3.05, 3.63) is 39.9 Å². The minimum atomic E-state index is -3.42. The van der Waals surface area contributed by atoms with Crippen LogP contribution in [-0.4, -0.2) is 49.1 Å². The molecule has 0 aliphatic carbocycles. The molecular formula is C19H31N3O4S. The first-order valence-corrected chi connectivity index (χ1v) is 11.1. The van der Waals surface area contributed by atoms with Crippen LogP contribution >= 0.6 is 0 Å². The minimum Gasteiger partial charge on any atom is -0.317 e. The van der Waals surface area contributed by atoms with Crippen molar-refractivity contribution in [2.45, 2.75) is 52.5 Å². The fourth-order valence-electron chi connectivity index (χ4n) is 3.33. The summed E-state index contributed by atoms with van der Waals surface area (Å²) in [4.78, 5) is 10.8. The summed E-state index contributed by atoms with van der Waals surface area (Å²) in [5.74, 6) is 0.108. The largest absolute Gasteiger partial charge is 0.317 e. The number of piperidine rings is 1. The van der Waals surface area contributed by atoms with E-state index in [1.807, 2.05) is 20.8 Å². The van der Waals surface area contributed by atoms with E-state index in [9.17, 15) is 18.5 Å². The Kier molecular flexibility index (Phi) is 7.36. The summed E-state index contributed by atoms with van der Waals surface area (Å²) in [6.07, 6.45) is 2.47. The van der Waals surface area contributed by atoms with Crippen molar-refractivity contribution >= 4 is 15.7 Å². The van der Waals surface area contributed by atoms with E-state index >= 15 is 0 Å². The van der Waals surface area contributed by atoms with Crippen LogP contribution in [0.5, 0.6) is 0 Å². The third-order valence-corrected chi connectivity index (χ3v) is 6.89. The molecule has 0 spiro atoms. The van der Waals surface area contributed by atoms with Crippen molar-refractivity contribution in [3.8, 4) is 0 Å². The number of nitro groups is 1. The molecule has 1 N–H and O–H groups in total. The topological polar surface area (TPSA) is 92.5 Å². The summed E-state index contributed by atoms with van der Waals surface area (Å²) in [7, 11) is -3.42. The van der Waals surface area contributed by atoms with Gasteiger partial charge < -0.3 is 5.32 Å². The van der Waals surface area contributed by atoms with Gasteiger partial charge in [0, 0.05) is 24.2 Å². The fourth-order valence-corrected chi connectivity index (χ4v) is 5.47. The smallest absolute Gasteiger partial charge is 0.272 e. The summed E-state index contributed by atoms with van der Waals surface area (Å²) in [5.41, 5.74) is 0.563. The van der Waals surface area contributed by atoms with Gasteiger partial charge in [0.2, 0.25) is 10.0 Å². The van der Waals surface area contributed by atoms with Crippen molar-refractivity contribution in [3.63, 3.8) is 0 Å². The number of nitrogens with zero attached hydrogens (tertiary/aromatic N) is 2. The molecule has 0 amide bonds. The van der Waals surface area contributed by atoms with E-state index in [4.69, 9.17) is 0 Å². The zero-order chi connectivity index (χ0) is 20.1. The van der Waals surface area contributed by atoms with E-state index in [-0.39, 0.29) is 29.4 Å². The van der Waals surface area contributed by atoms with Crippen LogP contribution in [-0.2, 0) is 16.4 Å². The highest BCUT2D eigenvalue weighted by atomic mass is 32.2. The molecule has 7 nitrogen and oxygen atoms in total. The van der Waals surface area contributed by atoms with Gasteiger partial charge in [0.1, 0.15) is 0 Å². The molecule has 1 heterocycles. The maximum Gasteiger partial charge on any atom is 0.272 e. The van der Waals surface area contributed by atoms with Crippen molar-refractivity contribution < 1.29 is 13.3 Å². The quantitative estimate of drug-likeness (QED) is 0.538. The molecule has 2 rings (SSSR count). The highest BCUT2D eigenvalue weighted by Crippen LogP contribution is 2.25. The Balaban J connectivity index is 2.19. The lowest BCUT2D eigenvalue weighted by molar-refractivity contribution is -0.385. The zero-order valence-electron chi connectivity index (χ0n) is 16.5. The number of hydrogen-bond donors (Lipinski definition) is 1. The number of para-hydroxylation sites is 1. The van der Waals surface area contributed by atoms with Crippen LogP contribution in [0.2, 0.25) is 0 Å². The van der Waals surface area contributed by atoms with Crippen LogP contribution in [0.4, 0.5) is 5.69 Å². The lowest BCUT2D eigenvalue weighted by Crippen LogP contribution is -2.48. The van der Waals surface area contributed by atoms with Gasteiger partial charge in [-0.15, -0.1) is 0 Å². The van der Waals surface area contributed by atoms with Gasteiger partial charge in [-0.25, -0.2) is 8.42 Å². The highest BCUT2D eigenvalue weighted by Gasteiger charge is 2.32. The van der Waals surface area contributed by atoms with Gasteiger partial charge in [-0.3, -0.25) is 10.1 Å². The second-order valence-electron chi connectivity index (χ2n) is 8.35. The average Bonchev–Trinajstić information content (AvgIpc) is 2.61. The van der Waals surface area contributed by atoms with Gasteiger partial charge in [-0.1, -0.05) is 39.0 Å². The molecule has 0 bridgehead atoms. The molecule has 0 saturated carbocycles. The Bertz CT molecular complexity index is 738. The van der Waals surface area contributed by atoms with Gasteiger partial charge in [0.25, 0.3) is 5.69 Å². The maximum atomic E-state index is 13.1. The van der Waals surface area contributed by atoms with E-state index in [0.717, 1.165) is 25.9 Å². The van der Waals surface area contributed by atoms with E-state index < -0.39 is 14.9 Å². The number of sulfonamides is 1. The molecule has 1 aliphatic heterocycles. The fraction of sp³-hybridized carbons (Fsp3) is 0.684. The lowest BCUT2D eigenvalue weighted by Gasteiger charge is -2.34. The molecule has 1 saturated heterocycles. The molecule has 1 aromatic rings. The van der Waals surface area contributed by atoms with E-state index in [1.165, 1.54) is 6.07 Å². The van der Waals surface area contributed by atoms with Crippen LogP contribution in [0.3, 0.4) is 0 Å². The Morgan fingerprint density at radius 3 is 2.44 bits per heavy atom. The molecule has 1 fully saturated rings. The number of nitro benzene ring substituents is 1. The molecule has 0 unspecified atom stereocenters. The second kappa shape index (κ2) is 9.12. The van der Waals surface area contributed by atoms with Gasteiger partial charge in [-0.05, 0) is 44.2 Å². The molecule has 0 atom stereocenters. The van der Waals surface area contributed by atoms with E-state index in [0.29, 0.717) is 18.4 Å². The standard InChI is InChI=1S/C19H31N3O4S/c1-19(2,3)11-15-27(25,26)21(17-8-12-20-13-9-17)14-10-16-6-4-5-7-18(16)22(23)24/h4-7,17,20H,8-15H2,1-3H3. The van der Waals surface area contributed by atoms with Crippen LogP contribution in [0.1, 0.15) is 45.6 Å². The normalized spacial score (nSPS) is 16.6. The first kappa shape index (κ1) is 21.8. The van der Waals surface area contributed by atoms with Gasteiger partial charge in [0.05, 0.1) is 10.7 Å². The lowest BCUT2D eigenvalue weighted by atomic mass is 9.94. The molecule has 8 heteroatoms. The molecule has 0 aromatic heterocycles.